The third-order valence-corrected chi connectivity index (χ3v) is 5.58. The van der Waals surface area contributed by atoms with E-state index in [-0.39, 0.29) is 18.4 Å². The number of nitrogens with zero attached hydrogens (tertiary/aromatic N) is 1. The van der Waals surface area contributed by atoms with E-state index < -0.39 is 0 Å². The molecule has 0 aromatic heterocycles. The molecule has 33 heavy (non-hydrogen) atoms. The molecule has 3 aromatic carbocycles. The van der Waals surface area contributed by atoms with Crippen LogP contribution in [0.1, 0.15) is 28.8 Å². The molecule has 7 heteroatoms. The molecule has 0 saturated carbocycles. The van der Waals surface area contributed by atoms with Gasteiger partial charge in [-0.2, -0.15) is 0 Å². The fourth-order valence-electron chi connectivity index (χ4n) is 3.53. The summed E-state index contributed by atoms with van der Waals surface area (Å²) in [6.45, 7) is 3.16. The lowest BCUT2D eigenvalue weighted by atomic mass is 10.1. The third-order valence-electron chi connectivity index (χ3n) is 5.33. The molecule has 0 saturated heterocycles. The van der Waals surface area contributed by atoms with E-state index >= 15 is 0 Å². The molecular formula is C26H25ClN2O4. The monoisotopic (exact) mass is 464 g/mol. The molecule has 0 atom stereocenters. The molecule has 0 aliphatic carbocycles. The Bertz CT molecular complexity index is 1130. The maximum Gasteiger partial charge on any atom is 0.265 e. The molecule has 170 valence electrons. The Kier molecular flexibility index (Phi) is 7.15. The summed E-state index contributed by atoms with van der Waals surface area (Å²) in [7, 11) is 0. The fourth-order valence-corrected chi connectivity index (χ4v) is 3.65. The molecule has 0 unspecified atom stereocenters. The van der Waals surface area contributed by atoms with Gasteiger partial charge in [-0.3, -0.25) is 9.59 Å². The van der Waals surface area contributed by atoms with Crippen LogP contribution >= 0.6 is 11.6 Å². The van der Waals surface area contributed by atoms with E-state index in [4.69, 9.17) is 21.1 Å². The van der Waals surface area contributed by atoms with Crippen molar-refractivity contribution in [2.45, 2.75) is 19.8 Å². The normalized spacial score (nSPS) is 12.7. The highest BCUT2D eigenvalue weighted by atomic mass is 35.5. The van der Waals surface area contributed by atoms with E-state index in [2.05, 4.69) is 5.32 Å². The van der Waals surface area contributed by atoms with Gasteiger partial charge < -0.3 is 19.7 Å². The minimum Gasteiger partial charge on any atom is -0.494 e. The van der Waals surface area contributed by atoms with Crippen LogP contribution in [0.25, 0.3) is 0 Å². The smallest absolute Gasteiger partial charge is 0.265 e. The van der Waals surface area contributed by atoms with E-state index in [9.17, 15) is 9.59 Å². The highest BCUT2D eigenvalue weighted by Crippen LogP contribution is 2.35. The van der Waals surface area contributed by atoms with E-state index in [1.807, 2.05) is 31.2 Å². The number of aryl methyl sites for hydroxylation is 1. The summed E-state index contributed by atoms with van der Waals surface area (Å²) in [5, 5.41) is 3.43. The number of hydrogen-bond donors (Lipinski definition) is 1. The fraction of sp³-hybridized carbons (Fsp3) is 0.231. The summed E-state index contributed by atoms with van der Waals surface area (Å²) >= 11 is 5.89. The minimum absolute atomic E-state index is 0.00332. The van der Waals surface area contributed by atoms with Crippen LogP contribution in [0.5, 0.6) is 11.5 Å². The maximum atomic E-state index is 12.5. The Labute approximate surface area is 198 Å². The number of halogens is 1. The predicted octanol–water partition coefficient (Wildman–Crippen LogP) is 5.49. The Morgan fingerprint density at radius 3 is 2.58 bits per heavy atom. The lowest BCUT2D eigenvalue weighted by molar-refractivity contribution is -0.121. The van der Waals surface area contributed by atoms with Gasteiger partial charge in [-0.05, 0) is 74.4 Å². The average Bonchev–Trinajstić information content (AvgIpc) is 2.81. The molecule has 0 bridgehead atoms. The van der Waals surface area contributed by atoms with Crippen LogP contribution in [-0.4, -0.2) is 31.6 Å². The molecule has 1 aliphatic heterocycles. The van der Waals surface area contributed by atoms with Crippen LogP contribution in [0.4, 0.5) is 11.4 Å². The largest absolute Gasteiger partial charge is 0.494 e. The lowest BCUT2D eigenvalue weighted by Crippen LogP contribution is -2.39. The van der Waals surface area contributed by atoms with Gasteiger partial charge in [0.05, 0.1) is 12.3 Å². The van der Waals surface area contributed by atoms with Crippen LogP contribution in [-0.2, 0) is 4.79 Å². The molecule has 4 rings (SSSR count). The van der Waals surface area contributed by atoms with Crippen molar-refractivity contribution >= 4 is 34.8 Å². The van der Waals surface area contributed by atoms with E-state index in [0.717, 1.165) is 18.6 Å². The Morgan fingerprint density at radius 2 is 1.82 bits per heavy atom. The second-order valence-corrected chi connectivity index (χ2v) is 8.28. The number of anilines is 2. The topological polar surface area (TPSA) is 67.9 Å². The summed E-state index contributed by atoms with van der Waals surface area (Å²) in [5.41, 5.74) is 2.92. The Morgan fingerprint density at radius 1 is 1.06 bits per heavy atom. The highest BCUT2D eigenvalue weighted by molar-refractivity contribution is 6.30. The average molecular weight is 465 g/mol. The second kappa shape index (κ2) is 10.4. The summed E-state index contributed by atoms with van der Waals surface area (Å²) in [5.74, 6) is 1.10. The number of fused-ring (bicyclic) bond motifs is 1. The number of carbonyl (C=O) groups excluding carboxylic acids is 2. The first-order valence-corrected chi connectivity index (χ1v) is 11.2. The first kappa shape index (κ1) is 22.7. The van der Waals surface area contributed by atoms with Gasteiger partial charge in [-0.1, -0.05) is 29.3 Å². The molecule has 1 N–H and O–H groups in total. The molecule has 2 amide bonds. The van der Waals surface area contributed by atoms with Crippen molar-refractivity contribution in [1.82, 2.24) is 0 Å². The number of ether oxygens (including phenoxy) is 2. The van der Waals surface area contributed by atoms with Gasteiger partial charge in [-0.15, -0.1) is 0 Å². The first-order chi connectivity index (χ1) is 16.0. The van der Waals surface area contributed by atoms with Gasteiger partial charge in [-0.25, -0.2) is 0 Å². The third kappa shape index (κ3) is 5.84. The Hall–Kier alpha value is -3.51. The molecule has 6 nitrogen and oxygen atoms in total. The van der Waals surface area contributed by atoms with Gasteiger partial charge in [0.2, 0.25) is 0 Å². The minimum atomic E-state index is -0.255. The zero-order chi connectivity index (χ0) is 23.2. The van der Waals surface area contributed by atoms with Crippen LogP contribution < -0.4 is 19.7 Å². The van der Waals surface area contributed by atoms with Crippen LogP contribution in [0.15, 0.2) is 66.7 Å². The summed E-state index contributed by atoms with van der Waals surface area (Å²) in [6.07, 6.45) is 1.58. The second-order valence-electron chi connectivity index (χ2n) is 7.85. The zero-order valence-electron chi connectivity index (χ0n) is 18.3. The molecule has 0 radical (unpaired) electrons. The van der Waals surface area contributed by atoms with Crippen molar-refractivity contribution in [1.29, 1.82) is 0 Å². The lowest BCUT2D eigenvalue weighted by Gasteiger charge is -2.30. The maximum absolute atomic E-state index is 12.5. The first-order valence-electron chi connectivity index (χ1n) is 10.8. The molecule has 3 aromatic rings. The summed E-state index contributed by atoms with van der Waals surface area (Å²) < 4.78 is 11.4. The summed E-state index contributed by atoms with van der Waals surface area (Å²) in [6, 6.07) is 19.9. The number of amides is 2. The van der Waals surface area contributed by atoms with Crippen LogP contribution in [0.3, 0.4) is 0 Å². The van der Waals surface area contributed by atoms with Crippen molar-refractivity contribution in [2.24, 2.45) is 0 Å². The predicted molar refractivity (Wildman–Crippen MR) is 130 cm³/mol. The molecular weight excluding hydrogens is 440 g/mol. The van der Waals surface area contributed by atoms with Gasteiger partial charge in [0.25, 0.3) is 11.8 Å². The number of nitrogens with one attached hydrogen (secondary N) is 1. The van der Waals surface area contributed by atoms with Crippen molar-refractivity contribution in [3.8, 4) is 11.5 Å². The number of carbonyl (C=O) groups is 2. The molecule has 0 spiro atoms. The van der Waals surface area contributed by atoms with Gasteiger partial charge in [0.15, 0.2) is 6.61 Å². The molecule has 0 fully saturated rings. The van der Waals surface area contributed by atoms with E-state index in [1.165, 1.54) is 5.56 Å². The van der Waals surface area contributed by atoms with Crippen LogP contribution in [0, 0.1) is 6.92 Å². The van der Waals surface area contributed by atoms with Crippen molar-refractivity contribution in [3.63, 3.8) is 0 Å². The molecule has 1 aliphatic rings. The van der Waals surface area contributed by atoms with Crippen LogP contribution in [0.2, 0.25) is 5.02 Å². The van der Waals surface area contributed by atoms with Crippen molar-refractivity contribution in [2.75, 3.05) is 30.0 Å². The SMILES string of the molecule is Cc1ccc(OCCCCN2C(=O)COc3ccc(NC(=O)c4ccc(Cl)cc4)cc32)cc1. The number of unbranched alkanes of at least 4 members (excludes halogenated alkanes) is 1. The van der Waals surface area contributed by atoms with Crippen molar-refractivity contribution < 1.29 is 19.1 Å². The number of benzene rings is 3. The standard InChI is InChI=1S/C26H25ClN2O4/c1-18-4-11-22(12-5-18)32-15-3-2-14-29-23-16-21(10-13-24(23)33-17-25(29)30)28-26(31)19-6-8-20(27)9-7-19/h4-13,16H,2-3,14-15,17H2,1H3,(H,28,31). The number of rotatable bonds is 8. The zero-order valence-corrected chi connectivity index (χ0v) is 19.1. The van der Waals surface area contributed by atoms with Crippen molar-refractivity contribution in [3.05, 3.63) is 82.9 Å². The molecule has 1 heterocycles. The summed E-state index contributed by atoms with van der Waals surface area (Å²) in [4.78, 5) is 26.8. The Balaban J connectivity index is 1.36. The highest BCUT2D eigenvalue weighted by Gasteiger charge is 2.25. The van der Waals surface area contributed by atoms with E-state index in [0.29, 0.717) is 40.9 Å². The quantitative estimate of drug-likeness (QED) is 0.448. The van der Waals surface area contributed by atoms with Gasteiger partial charge in [0.1, 0.15) is 11.5 Å². The van der Waals surface area contributed by atoms with Gasteiger partial charge in [0, 0.05) is 22.8 Å². The number of hydrogen-bond acceptors (Lipinski definition) is 4. The van der Waals surface area contributed by atoms with Gasteiger partial charge >= 0.3 is 0 Å². The van der Waals surface area contributed by atoms with E-state index in [1.54, 1.807) is 47.4 Å².